The lowest BCUT2D eigenvalue weighted by Crippen LogP contribution is -2.02. The molecule has 0 bridgehead atoms. The van der Waals surface area contributed by atoms with Crippen molar-refractivity contribution < 1.29 is 32.7 Å². The Hall–Kier alpha value is -3.36. The summed E-state index contributed by atoms with van der Waals surface area (Å²) in [5.74, 6) is -0.694. The normalized spacial score (nSPS) is 12.5. The van der Waals surface area contributed by atoms with Gasteiger partial charge >= 0.3 is 0 Å². The average Bonchev–Trinajstić information content (AvgIpc) is 3.35. The van der Waals surface area contributed by atoms with Crippen molar-refractivity contribution in [3.05, 3.63) is 33.6 Å². The summed E-state index contributed by atoms with van der Waals surface area (Å²) in [6, 6.07) is 2.25. The van der Waals surface area contributed by atoms with E-state index in [9.17, 15) is 18.1 Å². The molecule has 0 saturated carbocycles. The maximum Gasteiger partial charge on any atom is 0.296 e. The fourth-order valence-corrected chi connectivity index (χ4v) is 4.57. The zero-order valence-corrected chi connectivity index (χ0v) is 22.1. The van der Waals surface area contributed by atoms with Crippen molar-refractivity contribution in [1.29, 1.82) is 0 Å². The van der Waals surface area contributed by atoms with Crippen LogP contribution in [-0.2, 0) is 19.5 Å². The number of aromatic nitrogens is 4. The number of anilines is 1. The van der Waals surface area contributed by atoms with Crippen molar-refractivity contribution in [3.8, 4) is 5.75 Å². The number of aryl methyl sites for hydroxylation is 2. The lowest BCUT2D eigenvalue weighted by atomic mass is 10.1. The van der Waals surface area contributed by atoms with Gasteiger partial charge in [0, 0.05) is 0 Å². The topological polar surface area (TPSA) is 246 Å². The van der Waals surface area contributed by atoms with Crippen LogP contribution in [0.3, 0.4) is 0 Å². The number of hydrogen-bond acceptors (Lipinski definition) is 14. The molecule has 38 heavy (non-hydrogen) atoms. The number of fused-ring (bicyclic) bond motifs is 1. The molecule has 4 aromatic rings. The van der Waals surface area contributed by atoms with Gasteiger partial charge in [0.25, 0.3) is 10.1 Å². The van der Waals surface area contributed by atoms with Gasteiger partial charge in [-0.3, -0.25) is 14.8 Å². The zero-order chi connectivity index (χ0) is 27.8. The van der Waals surface area contributed by atoms with Gasteiger partial charge in [0.1, 0.15) is 26.3 Å². The van der Waals surface area contributed by atoms with E-state index in [0.717, 1.165) is 6.07 Å². The Bertz CT molecular complexity index is 1720. The number of nitrogen functional groups attached to an aromatic ring is 1. The average molecular weight is 604 g/mol. The molecule has 0 aliphatic carbocycles. The molecule has 0 radical (unpaired) electrons. The maximum atomic E-state index is 12.2. The lowest BCUT2D eigenvalue weighted by Gasteiger charge is -2.14. The predicted molar refractivity (Wildman–Crippen MR) is 136 cm³/mol. The minimum Gasteiger partial charge on any atom is -0.505 e. The van der Waals surface area contributed by atoms with Gasteiger partial charge in [-0.05, 0) is 31.4 Å². The van der Waals surface area contributed by atoms with Gasteiger partial charge in [0.05, 0.1) is 39.4 Å². The SMILES string of the molecule is Cc1[nH]nc(N=Nc2c(S(=O)(=O)O)cc3cc(SOOO)c(N=Nc4n[nH]c(C)c4Cl)c(O)c3c2N)c1Cl. The number of nitrogens with one attached hydrogen (secondary N) is 2. The number of aromatic hydroxyl groups is 1. The van der Waals surface area contributed by atoms with Crippen LogP contribution in [0.2, 0.25) is 10.0 Å². The number of nitrogens with two attached hydrogens (primary N) is 1. The first kappa shape index (κ1) is 27.7. The number of phenolic OH excluding ortho intramolecular Hbond substituents is 1. The van der Waals surface area contributed by atoms with E-state index in [1.807, 2.05) is 0 Å². The number of hydrogen-bond donors (Lipinski definition) is 6. The number of rotatable bonds is 8. The summed E-state index contributed by atoms with van der Waals surface area (Å²) in [5.41, 5.74) is 6.03. The van der Waals surface area contributed by atoms with Crippen LogP contribution in [0.15, 0.2) is 42.4 Å². The zero-order valence-electron chi connectivity index (χ0n) is 19.0. The second-order valence-corrected chi connectivity index (χ2v) is 10.3. The number of azo groups is 2. The third-order valence-electron chi connectivity index (χ3n) is 4.95. The summed E-state index contributed by atoms with van der Waals surface area (Å²) in [4.78, 5) is -0.762. The standard InChI is InChI=1S/C18H15Cl2N9O7S2/c1-5-11(19)17(26-22-5)28-24-14-8(37-36-35-31)3-7-4-9(38(32,33)34)15(13(21)10(7)16(14)30)25-29-18-12(20)6(2)23-27-18/h3-4,30-31H,21H2,1-2H3,(H,22,26)(H,23,27)(H,32,33,34). The molecule has 200 valence electrons. The maximum absolute atomic E-state index is 12.2. The highest BCUT2D eigenvalue weighted by Gasteiger charge is 2.26. The van der Waals surface area contributed by atoms with Gasteiger partial charge in [-0.25, -0.2) is 5.26 Å². The quantitative estimate of drug-likeness (QED) is 0.0340. The van der Waals surface area contributed by atoms with Crippen molar-refractivity contribution in [2.24, 2.45) is 20.5 Å². The third kappa shape index (κ3) is 5.28. The largest absolute Gasteiger partial charge is 0.505 e. The number of aromatic amines is 2. The molecule has 0 fully saturated rings. The Kier molecular flexibility index (Phi) is 7.85. The second kappa shape index (κ2) is 10.8. The first-order valence-electron chi connectivity index (χ1n) is 9.92. The lowest BCUT2D eigenvalue weighted by molar-refractivity contribution is -0.432. The van der Waals surface area contributed by atoms with Crippen LogP contribution in [0.4, 0.5) is 28.7 Å². The molecular weight excluding hydrogens is 589 g/mol. The summed E-state index contributed by atoms with van der Waals surface area (Å²) < 4.78 is 38.7. The van der Waals surface area contributed by atoms with Crippen LogP contribution in [0.1, 0.15) is 11.4 Å². The van der Waals surface area contributed by atoms with Crippen LogP contribution in [0.25, 0.3) is 10.8 Å². The molecule has 2 heterocycles. The molecule has 0 unspecified atom stereocenters. The fraction of sp³-hybridized carbons (Fsp3) is 0.111. The molecule has 0 amide bonds. The summed E-state index contributed by atoms with van der Waals surface area (Å²) in [6.45, 7) is 3.27. The van der Waals surface area contributed by atoms with Crippen LogP contribution < -0.4 is 5.73 Å². The van der Waals surface area contributed by atoms with Crippen LogP contribution in [-0.4, -0.2) is 43.7 Å². The Morgan fingerprint density at radius 2 is 1.55 bits per heavy atom. The number of halogens is 2. The molecular formula is C18H15Cl2N9O7S2. The van der Waals surface area contributed by atoms with Crippen molar-refractivity contribution in [3.63, 3.8) is 0 Å². The second-order valence-electron chi connectivity index (χ2n) is 7.38. The smallest absolute Gasteiger partial charge is 0.296 e. The van der Waals surface area contributed by atoms with E-state index in [4.69, 9.17) is 34.2 Å². The third-order valence-corrected chi connectivity index (χ3v) is 7.34. The molecule has 2 aromatic carbocycles. The summed E-state index contributed by atoms with van der Waals surface area (Å²) in [6.07, 6.45) is 0. The Morgan fingerprint density at radius 3 is 2.03 bits per heavy atom. The van der Waals surface area contributed by atoms with E-state index in [2.05, 4.69) is 50.2 Å². The van der Waals surface area contributed by atoms with Crippen molar-refractivity contribution in [2.45, 2.75) is 23.6 Å². The van der Waals surface area contributed by atoms with E-state index < -0.39 is 32.1 Å². The molecule has 7 N–H and O–H groups in total. The highest BCUT2D eigenvalue weighted by Crippen LogP contribution is 2.49. The van der Waals surface area contributed by atoms with E-state index in [0.29, 0.717) is 23.4 Å². The first-order valence-corrected chi connectivity index (χ1v) is 12.9. The van der Waals surface area contributed by atoms with E-state index >= 15 is 0 Å². The number of nitrogens with zero attached hydrogens (tertiary/aromatic N) is 6. The molecule has 2 aromatic heterocycles. The minimum absolute atomic E-state index is 0.00291. The molecule has 0 spiro atoms. The Labute approximate surface area is 226 Å². The van der Waals surface area contributed by atoms with Crippen LogP contribution in [0, 0.1) is 13.8 Å². The molecule has 0 atom stereocenters. The highest BCUT2D eigenvalue weighted by molar-refractivity contribution is 7.94. The number of benzene rings is 2. The Morgan fingerprint density at radius 1 is 1.00 bits per heavy atom. The van der Waals surface area contributed by atoms with Crippen LogP contribution >= 0.6 is 35.2 Å². The Balaban J connectivity index is 1.98. The predicted octanol–water partition coefficient (Wildman–Crippen LogP) is 6.00. The number of H-pyrrole nitrogens is 2. The van der Waals surface area contributed by atoms with Gasteiger partial charge in [-0.15, -0.1) is 24.8 Å². The van der Waals surface area contributed by atoms with E-state index in [-0.39, 0.29) is 43.0 Å². The fourth-order valence-electron chi connectivity index (χ4n) is 3.16. The number of phenols is 1. The molecule has 0 aliphatic heterocycles. The van der Waals surface area contributed by atoms with Crippen molar-refractivity contribution in [1.82, 2.24) is 20.4 Å². The molecule has 0 saturated heterocycles. The van der Waals surface area contributed by atoms with Gasteiger partial charge in [-0.2, -0.15) is 18.6 Å². The summed E-state index contributed by atoms with van der Waals surface area (Å²) >= 11 is 12.6. The monoisotopic (exact) mass is 603 g/mol. The van der Waals surface area contributed by atoms with Gasteiger partial charge in [0.2, 0.25) is 11.6 Å². The van der Waals surface area contributed by atoms with Crippen molar-refractivity contribution >= 4 is 84.8 Å². The molecule has 20 heteroatoms. The molecule has 16 nitrogen and oxygen atoms in total. The van der Waals surface area contributed by atoms with Gasteiger partial charge in [0.15, 0.2) is 5.75 Å². The van der Waals surface area contributed by atoms with Crippen LogP contribution in [0.5, 0.6) is 5.75 Å². The highest BCUT2D eigenvalue weighted by atomic mass is 35.5. The summed E-state index contributed by atoms with van der Waals surface area (Å²) in [5, 5.41) is 51.9. The summed E-state index contributed by atoms with van der Waals surface area (Å²) in [7, 11) is -4.91. The molecule has 0 aliphatic rings. The van der Waals surface area contributed by atoms with Crippen molar-refractivity contribution in [2.75, 3.05) is 5.73 Å². The molecule has 4 rings (SSSR count). The first-order chi connectivity index (χ1) is 17.9. The van der Waals surface area contributed by atoms with Gasteiger partial charge < -0.3 is 10.8 Å². The van der Waals surface area contributed by atoms with E-state index in [1.54, 1.807) is 13.8 Å². The minimum atomic E-state index is -4.91. The van der Waals surface area contributed by atoms with Gasteiger partial charge in [-0.1, -0.05) is 28.2 Å². The van der Waals surface area contributed by atoms with E-state index in [1.165, 1.54) is 6.07 Å².